The van der Waals surface area contributed by atoms with Gasteiger partial charge in [0.05, 0.1) is 35.5 Å². The van der Waals surface area contributed by atoms with Gasteiger partial charge in [-0.15, -0.1) is 17.8 Å². The van der Waals surface area contributed by atoms with Crippen LogP contribution in [-0.2, 0) is 43.5 Å². The fraction of sp³-hybridized carbons (Fsp3) is 0.385. The first-order valence-electron chi connectivity index (χ1n) is 12.2. The van der Waals surface area contributed by atoms with Crippen LogP contribution in [0.4, 0.5) is 5.00 Å². The molecule has 0 aliphatic heterocycles. The van der Waals surface area contributed by atoms with E-state index in [1.54, 1.807) is 29.7 Å². The topological polar surface area (TPSA) is 133 Å². The molecule has 1 N–H and O–H groups in total. The Morgan fingerprint density at radius 2 is 1.95 bits per heavy atom. The highest BCUT2D eigenvalue weighted by molar-refractivity contribution is 7.92. The molecule has 1 aliphatic carbocycles. The largest absolute Gasteiger partial charge is 0.494 e. The van der Waals surface area contributed by atoms with Gasteiger partial charge in [-0.1, -0.05) is 17.3 Å². The Morgan fingerprint density at radius 1 is 1.15 bits per heavy atom. The molecule has 206 valence electrons. The summed E-state index contributed by atoms with van der Waals surface area (Å²) in [7, 11) is -4.16. The van der Waals surface area contributed by atoms with Crippen molar-refractivity contribution < 1.29 is 32.3 Å². The van der Waals surface area contributed by atoms with Crippen molar-refractivity contribution in [3.8, 4) is 18.1 Å². The number of terminal acetylenes is 1. The number of aryl methyl sites for hydroxylation is 1. The van der Waals surface area contributed by atoms with Gasteiger partial charge in [-0.3, -0.25) is 9.59 Å². The standard InChI is InChI=1S/C26H27N3O7S3/c1-4-12-29-18-11-10-16(35-5-2)13-20(18)38-26(29)28-22(31)15-39(33,34)14-21(30)27-24-23(25(32)36-6-3)17-8-7-9-19(17)37-24/h1,10-11,13H,5-9,12,14-15H2,2-3H3,(H,27,30). The summed E-state index contributed by atoms with van der Waals surface area (Å²) in [6, 6.07) is 5.37. The maximum atomic E-state index is 12.7. The highest BCUT2D eigenvalue weighted by atomic mass is 32.2. The van der Waals surface area contributed by atoms with Gasteiger partial charge in [0.1, 0.15) is 22.3 Å². The third-order valence-corrected chi connectivity index (χ3v) is 9.42. The zero-order valence-corrected chi connectivity index (χ0v) is 23.9. The lowest BCUT2D eigenvalue weighted by atomic mass is 10.1. The van der Waals surface area contributed by atoms with Crippen LogP contribution in [0.15, 0.2) is 23.2 Å². The lowest BCUT2D eigenvalue weighted by Crippen LogP contribution is -2.28. The maximum Gasteiger partial charge on any atom is 0.341 e. The number of carbonyl (C=O) groups is 3. The molecule has 4 rings (SSSR count). The second-order valence-electron chi connectivity index (χ2n) is 8.61. The number of thiazole rings is 1. The molecule has 2 heterocycles. The smallest absolute Gasteiger partial charge is 0.341 e. The molecule has 1 aliphatic rings. The predicted molar refractivity (Wildman–Crippen MR) is 150 cm³/mol. The summed E-state index contributed by atoms with van der Waals surface area (Å²) in [5.41, 5.74) is 1.85. The molecule has 2 aromatic heterocycles. The second-order valence-corrected chi connectivity index (χ2v) is 12.8. The van der Waals surface area contributed by atoms with Crippen LogP contribution in [0.2, 0.25) is 0 Å². The zero-order chi connectivity index (χ0) is 28.2. The average Bonchev–Trinajstić information content (AvgIpc) is 3.52. The second kappa shape index (κ2) is 12.1. The molecule has 2 amide bonds. The first kappa shape index (κ1) is 28.5. The monoisotopic (exact) mass is 589 g/mol. The molecular weight excluding hydrogens is 563 g/mol. The third-order valence-electron chi connectivity index (χ3n) is 5.78. The SMILES string of the molecule is C#CCn1c(=NC(=O)CS(=O)(=O)CC(=O)Nc2sc3c(c2C(=O)OCC)CCC3)sc2cc(OCC)ccc21. The van der Waals surface area contributed by atoms with Crippen LogP contribution in [0.3, 0.4) is 0 Å². The number of fused-ring (bicyclic) bond motifs is 2. The summed E-state index contributed by atoms with van der Waals surface area (Å²) in [4.78, 5) is 43.0. The molecule has 3 aromatic rings. The molecule has 0 saturated carbocycles. The van der Waals surface area contributed by atoms with Gasteiger partial charge in [0.2, 0.25) is 5.91 Å². The highest BCUT2D eigenvalue weighted by Gasteiger charge is 2.29. The molecule has 0 bridgehead atoms. The first-order chi connectivity index (χ1) is 18.7. The summed E-state index contributed by atoms with van der Waals surface area (Å²) in [5.74, 6) is -1.06. The van der Waals surface area contributed by atoms with Crippen molar-refractivity contribution in [1.29, 1.82) is 0 Å². The van der Waals surface area contributed by atoms with E-state index in [2.05, 4.69) is 16.2 Å². The Labute approximate surface area is 233 Å². The Kier molecular flexibility index (Phi) is 8.89. The molecule has 0 unspecified atom stereocenters. The van der Waals surface area contributed by atoms with Crippen LogP contribution in [0.25, 0.3) is 10.2 Å². The number of nitrogens with zero attached hydrogens (tertiary/aromatic N) is 2. The van der Waals surface area contributed by atoms with Crippen molar-refractivity contribution in [3.63, 3.8) is 0 Å². The summed E-state index contributed by atoms with van der Waals surface area (Å²) in [6.07, 6.45) is 7.86. The van der Waals surface area contributed by atoms with Gasteiger partial charge in [-0.2, -0.15) is 4.99 Å². The minimum Gasteiger partial charge on any atom is -0.494 e. The summed E-state index contributed by atoms with van der Waals surface area (Å²) in [6.45, 7) is 4.33. The molecule has 0 fully saturated rings. The number of amides is 2. The Bertz CT molecular complexity index is 1660. The highest BCUT2D eigenvalue weighted by Crippen LogP contribution is 2.39. The quantitative estimate of drug-likeness (QED) is 0.284. The van der Waals surface area contributed by atoms with Crippen molar-refractivity contribution in [2.75, 3.05) is 30.0 Å². The van der Waals surface area contributed by atoms with E-state index in [0.717, 1.165) is 33.5 Å². The Morgan fingerprint density at radius 3 is 2.67 bits per heavy atom. The number of nitrogens with one attached hydrogen (secondary N) is 1. The lowest BCUT2D eigenvalue weighted by molar-refractivity contribution is -0.115. The fourth-order valence-electron chi connectivity index (χ4n) is 4.29. The number of anilines is 1. The molecule has 0 radical (unpaired) electrons. The van der Waals surface area contributed by atoms with Crippen LogP contribution in [-0.4, -0.2) is 55.5 Å². The zero-order valence-electron chi connectivity index (χ0n) is 21.4. The molecule has 0 spiro atoms. The number of thiophene rings is 1. The van der Waals surface area contributed by atoms with E-state index in [4.69, 9.17) is 15.9 Å². The van der Waals surface area contributed by atoms with E-state index >= 15 is 0 Å². The molecule has 13 heteroatoms. The number of benzene rings is 1. The molecular formula is C26H27N3O7S3. The number of carbonyl (C=O) groups excluding carboxylic acids is 3. The van der Waals surface area contributed by atoms with Gasteiger partial charge in [-0.25, -0.2) is 13.2 Å². The number of rotatable bonds is 10. The maximum absolute atomic E-state index is 12.7. The van der Waals surface area contributed by atoms with Crippen molar-refractivity contribution in [2.45, 2.75) is 39.7 Å². The molecule has 1 aromatic carbocycles. The van der Waals surface area contributed by atoms with Gasteiger partial charge < -0.3 is 19.4 Å². The van der Waals surface area contributed by atoms with E-state index in [-0.39, 0.29) is 28.5 Å². The van der Waals surface area contributed by atoms with Crippen molar-refractivity contribution in [1.82, 2.24) is 4.57 Å². The van der Waals surface area contributed by atoms with Gasteiger partial charge >= 0.3 is 5.97 Å². The number of aromatic nitrogens is 1. The van der Waals surface area contributed by atoms with Crippen LogP contribution < -0.4 is 14.9 Å². The molecule has 0 saturated heterocycles. The van der Waals surface area contributed by atoms with Crippen molar-refractivity contribution in [2.24, 2.45) is 4.99 Å². The first-order valence-corrected chi connectivity index (χ1v) is 15.7. The van der Waals surface area contributed by atoms with E-state index < -0.39 is 39.1 Å². The lowest BCUT2D eigenvalue weighted by Gasteiger charge is -2.08. The summed E-state index contributed by atoms with van der Waals surface area (Å²) < 4.78 is 38.5. The number of esters is 1. The van der Waals surface area contributed by atoms with E-state index in [9.17, 15) is 22.8 Å². The van der Waals surface area contributed by atoms with Crippen LogP contribution in [0, 0.1) is 12.3 Å². The minimum absolute atomic E-state index is 0.128. The third kappa shape index (κ3) is 6.58. The molecule has 10 nitrogen and oxygen atoms in total. The molecule has 39 heavy (non-hydrogen) atoms. The number of hydrogen-bond acceptors (Lipinski definition) is 9. The predicted octanol–water partition coefficient (Wildman–Crippen LogP) is 2.94. The number of hydrogen-bond donors (Lipinski definition) is 1. The van der Waals surface area contributed by atoms with Gasteiger partial charge in [-0.05, 0) is 56.9 Å². The fourth-order valence-corrected chi connectivity index (χ4v) is 7.67. The van der Waals surface area contributed by atoms with E-state index in [1.165, 1.54) is 22.7 Å². The van der Waals surface area contributed by atoms with Crippen molar-refractivity contribution in [3.05, 3.63) is 39.0 Å². The Hall–Kier alpha value is -3.47. The number of sulfone groups is 1. The van der Waals surface area contributed by atoms with E-state index in [1.807, 2.05) is 6.92 Å². The average molecular weight is 590 g/mol. The van der Waals surface area contributed by atoms with Crippen LogP contribution in [0.5, 0.6) is 5.75 Å². The number of ether oxygens (including phenoxy) is 2. The summed E-state index contributed by atoms with van der Waals surface area (Å²) in [5, 5.41) is 2.80. The van der Waals surface area contributed by atoms with Gasteiger partial charge in [0.25, 0.3) is 5.91 Å². The molecule has 0 atom stereocenters. The van der Waals surface area contributed by atoms with Crippen LogP contribution in [0.1, 0.15) is 41.1 Å². The van der Waals surface area contributed by atoms with Crippen molar-refractivity contribution >= 4 is 65.5 Å². The van der Waals surface area contributed by atoms with Gasteiger partial charge in [0, 0.05) is 4.88 Å². The van der Waals surface area contributed by atoms with E-state index in [0.29, 0.717) is 18.8 Å². The normalized spacial score (nSPS) is 13.2. The van der Waals surface area contributed by atoms with Crippen LogP contribution >= 0.6 is 22.7 Å². The Balaban J connectivity index is 1.50. The van der Waals surface area contributed by atoms with Gasteiger partial charge in [0.15, 0.2) is 14.6 Å². The summed E-state index contributed by atoms with van der Waals surface area (Å²) >= 11 is 2.42. The minimum atomic E-state index is -4.16.